The van der Waals surface area contributed by atoms with Gasteiger partial charge in [0.05, 0.1) is 5.69 Å². The first kappa shape index (κ1) is 10.1. The number of H-pyrrole nitrogens is 1. The van der Waals surface area contributed by atoms with Crippen molar-refractivity contribution in [2.24, 2.45) is 0 Å². The highest BCUT2D eigenvalue weighted by Gasteiger charge is 2.06. The quantitative estimate of drug-likeness (QED) is 0.845. The summed E-state index contributed by atoms with van der Waals surface area (Å²) in [5.74, 6) is 0.972. The van der Waals surface area contributed by atoms with E-state index < -0.39 is 0 Å². The van der Waals surface area contributed by atoms with Gasteiger partial charge >= 0.3 is 0 Å². The van der Waals surface area contributed by atoms with Gasteiger partial charge in [-0.3, -0.25) is 4.79 Å². The molecule has 15 heavy (non-hydrogen) atoms. The topological polar surface area (TPSA) is 45.8 Å². The molecule has 0 aliphatic heterocycles. The van der Waals surface area contributed by atoms with E-state index in [1.807, 2.05) is 30.7 Å². The van der Waals surface area contributed by atoms with E-state index in [9.17, 15) is 4.79 Å². The third kappa shape index (κ3) is 2.15. The Labute approximate surface area is 91.8 Å². The van der Waals surface area contributed by atoms with Gasteiger partial charge in [-0.15, -0.1) is 0 Å². The van der Waals surface area contributed by atoms with E-state index in [1.165, 1.54) is 6.07 Å². The molecule has 2 heterocycles. The second-order valence-electron chi connectivity index (χ2n) is 3.68. The lowest BCUT2D eigenvalue weighted by molar-refractivity contribution is 0.768. The van der Waals surface area contributed by atoms with Crippen molar-refractivity contribution < 1.29 is 0 Å². The van der Waals surface area contributed by atoms with Crippen LogP contribution in [0.4, 0.5) is 0 Å². The molecule has 2 rings (SSSR count). The Bertz CT molecular complexity index is 500. The summed E-state index contributed by atoms with van der Waals surface area (Å²) in [6.07, 6.45) is 0. The third-order valence-electron chi connectivity index (χ3n) is 2.12. The minimum absolute atomic E-state index is 0.0881. The first-order valence-corrected chi connectivity index (χ1v) is 5.75. The van der Waals surface area contributed by atoms with Crippen molar-refractivity contribution in [2.45, 2.75) is 19.8 Å². The monoisotopic (exact) mass is 220 g/mol. The third-order valence-corrected chi connectivity index (χ3v) is 2.81. The average molecular weight is 220 g/mol. The van der Waals surface area contributed by atoms with Crippen LogP contribution < -0.4 is 5.56 Å². The van der Waals surface area contributed by atoms with Crippen LogP contribution in [0, 0.1) is 0 Å². The highest BCUT2D eigenvalue weighted by molar-refractivity contribution is 7.08. The van der Waals surface area contributed by atoms with Crippen LogP contribution in [-0.2, 0) is 0 Å². The summed E-state index contributed by atoms with van der Waals surface area (Å²) in [4.78, 5) is 18.6. The molecule has 0 aromatic carbocycles. The van der Waals surface area contributed by atoms with Crippen molar-refractivity contribution in [3.63, 3.8) is 0 Å². The predicted molar refractivity (Wildman–Crippen MR) is 62.3 cm³/mol. The van der Waals surface area contributed by atoms with Crippen molar-refractivity contribution in [3.05, 3.63) is 39.1 Å². The average Bonchev–Trinajstić information content (AvgIpc) is 2.69. The van der Waals surface area contributed by atoms with E-state index in [0.717, 1.165) is 17.1 Å². The number of hydrogen-bond donors (Lipinski definition) is 1. The molecule has 0 amide bonds. The summed E-state index contributed by atoms with van der Waals surface area (Å²) < 4.78 is 0. The molecule has 0 fully saturated rings. The molecule has 4 heteroatoms. The van der Waals surface area contributed by atoms with E-state index in [1.54, 1.807) is 11.3 Å². The second-order valence-corrected chi connectivity index (χ2v) is 4.46. The Balaban J connectivity index is 2.54. The molecule has 3 nitrogen and oxygen atoms in total. The molecule has 2 aromatic rings. The SMILES string of the molecule is CC(C)c1nc(-c2ccsc2)cc(=O)[nH]1. The molecule has 0 bridgehead atoms. The second kappa shape index (κ2) is 3.98. The Kier molecular flexibility index (Phi) is 2.68. The maximum atomic E-state index is 11.4. The van der Waals surface area contributed by atoms with Crippen molar-refractivity contribution in [3.8, 4) is 11.3 Å². The normalized spacial score (nSPS) is 10.9. The first-order valence-electron chi connectivity index (χ1n) is 4.80. The lowest BCUT2D eigenvalue weighted by Crippen LogP contribution is -2.11. The van der Waals surface area contributed by atoms with Crippen LogP contribution in [0.2, 0.25) is 0 Å². The maximum Gasteiger partial charge on any atom is 0.251 e. The molecule has 0 unspecified atom stereocenters. The molecular weight excluding hydrogens is 208 g/mol. The van der Waals surface area contributed by atoms with Crippen molar-refractivity contribution in [1.29, 1.82) is 0 Å². The lowest BCUT2D eigenvalue weighted by atomic mass is 10.2. The van der Waals surface area contributed by atoms with Crippen molar-refractivity contribution in [2.75, 3.05) is 0 Å². The highest BCUT2D eigenvalue weighted by atomic mass is 32.1. The predicted octanol–water partition coefficient (Wildman–Crippen LogP) is 2.62. The fourth-order valence-corrected chi connectivity index (χ4v) is 1.96. The Morgan fingerprint density at radius 3 is 2.87 bits per heavy atom. The highest BCUT2D eigenvalue weighted by Crippen LogP contribution is 2.19. The molecule has 0 saturated carbocycles. The fraction of sp³-hybridized carbons (Fsp3) is 0.273. The summed E-state index contributed by atoms with van der Waals surface area (Å²) in [6, 6.07) is 3.50. The van der Waals surface area contributed by atoms with Crippen LogP contribution in [0.25, 0.3) is 11.3 Å². The Morgan fingerprint density at radius 1 is 1.47 bits per heavy atom. The largest absolute Gasteiger partial charge is 0.310 e. The Hall–Kier alpha value is -1.42. The molecule has 1 N–H and O–H groups in total. The van der Waals surface area contributed by atoms with Gasteiger partial charge in [0.15, 0.2) is 0 Å². The zero-order valence-corrected chi connectivity index (χ0v) is 9.47. The van der Waals surface area contributed by atoms with Crippen LogP contribution in [0.1, 0.15) is 25.6 Å². The van der Waals surface area contributed by atoms with Crippen LogP contribution >= 0.6 is 11.3 Å². The molecule has 78 valence electrons. The Morgan fingerprint density at radius 2 is 2.27 bits per heavy atom. The number of hydrogen-bond acceptors (Lipinski definition) is 3. The fourth-order valence-electron chi connectivity index (χ4n) is 1.31. The first-order chi connectivity index (χ1) is 7.16. The van der Waals surface area contributed by atoms with Gasteiger partial charge in [0.1, 0.15) is 5.82 Å². The maximum absolute atomic E-state index is 11.4. The molecule has 0 aliphatic rings. The van der Waals surface area contributed by atoms with E-state index in [0.29, 0.717) is 0 Å². The standard InChI is InChI=1S/C11H12N2OS/c1-7(2)11-12-9(5-10(14)13-11)8-3-4-15-6-8/h3-7H,1-2H3,(H,12,13,14). The zero-order chi connectivity index (χ0) is 10.8. The minimum atomic E-state index is -0.0881. The van der Waals surface area contributed by atoms with Crippen LogP contribution in [0.15, 0.2) is 27.7 Å². The molecule has 0 saturated heterocycles. The molecular formula is C11H12N2OS. The lowest BCUT2D eigenvalue weighted by Gasteiger charge is -2.05. The summed E-state index contributed by atoms with van der Waals surface area (Å²) >= 11 is 1.60. The van der Waals surface area contributed by atoms with Gasteiger partial charge in [0.25, 0.3) is 5.56 Å². The number of nitrogens with one attached hydrogen (secondary N) is 1. The number of nitrogens with zero attached hydrogens (tertiary/aromatic N) is 1. The number of aromatic amines is 1. The molecule has 0 atom stereocenters. The molecule has 2 aromatic heterocycles. The summed E-state index contributed by atoms with van der Waals surface area (Å²) in [7, 11) is 0. The van der Waals surface area contributed by atoms with Crippen molar-refractivity contribution >= 4 is 11.3 Å². The number of thiophene rings is 1. The smallest absolute Gasteiger partial charge is 0.251 e. The van der Waals surface area contributed by atoms with Gasteiger partial charge in [0, 0.05) is 22.9 Å². The van der Waals surface area contributed by atoms with Crippen molar-refractivity contribution in [1.82, 2.24) is 9.97 Å². The van der Waals surface area contributed by atoms with E-state index >= 15 is 0 Å². The van der Waals surface area contributed by atoms with Crippen LogP contribution in [0.5, 0.6) is 0 Å². The summed E-state index contributed by atoms with van der Waals surface area (Å²) in [5, 5.41) is 3.97. The molecule has 0 aliphatic carbocycles. The number of aromatic nitrogens is 2. The molecule has 0 spiro atoms. The van der Waals surface area contributed by atoms with Gasteiger partial charge < -0.3 is 4.98 Å². The van der Waals surface area contributed by atoms with E-state index in [4.69, 9.17) is 0 Å². The minimum Gasteiger partial charge on any atom is -0.310 e. The van der Waals surface area contributed by atoms with Crippen LogP contribution in [-0.4, -0.2) is 9.97 Å². The zero-order valence-electron chi connectivity index (χ0n) is 8.65. The number of rotatable bonds is 2. The van der Waals surface area contributed by atoms with Gasteiger partial charge in [-0.05, 0) is 11.4 Å². The van der Waals surface area contributed by atoms with Gasteiger partial charge in [-0.2, -0.15) is 11.3 Å². The van der Waals surface area contributed by atoms with E-state index in [-0.39, 0.29) is 11.5 Å². The summed E-state index contributed by atoms with van der Waals surface area (Å²) in [6.45, 7) is 4.02. The summed E-state index contributed by atoms with van der Waals surface area (Å²) in [5.41, 5.74) is 1.67. The van der Waals surface area contributed by atoms with Gasteiger partial charge in [-0.1, -0.05) is 13.8 Å². The van der Waals surface area contributed by atoms with Crippen LogP contribution in [0.3, 0.4) is 0 Å². The molecule has 0 radical (unpaired) electrons. The van der Waals surface area contributed by atoms with Gasteiger partial charge in [0.2, 0.25) is 0 Å². The van der Waals surface area contributed by atoms with Gasteiger partial charge in [-0.25, -0.2) is 4.98 Å². The van der Waals surface area contributed by atoms with E-state index in [2.05, 4.69) is 9.97 Å².